The Bertz CT molecular complexity index is 647. The predicted molar refractivity (Wildman–Crippen MR) is 83.0 cm³/mol. The van der Waals surface area contributed by atoms with Crippen LogP contribution < -0.4 is 4.74 Å². The Morgan fingerprint density at radius 2 is 2.00 bits per heavy atom. The van der Waals surface area contributed by atoms with Crippen LogP contribution in [-0.4, -0.2) is 41.3 Å². The number of para-hydroxylation sites is 1. The summed E-state index contributed by atoms with van der Waals surface area (Å²) in [6.45, 7) is 2.17. The largest absolute Gasteiger partial charge is 0.573 e. The summed E-state index contributed by atoms with van der Waals surface area (Å²) < 4.78 is 41.2. The molecule has 1 amide bonds. The van der Waals surface area contributed by atoms with Gasteiger partial charge >= 0.3 is 12.3 Å². The molecule has 1 N–H and O–H groups in total. The zero-order valence-corrected chi connectivity index (χ0v) is 13.8. The Labute approximate surface area is 143 Å². The molecule has 0 aromatic heterocycles. The number of aryl methyl sites for hydroxylation is 1. The zero-order chi connectivity index (χ0) is 18.7. The molecule has 1 saturated heterocycles. The van der Waals surface area contributed by atoms with Crippen molar-refractivity contribution in [3.8, 4) is 5.75 Å². The Morgan fingerprint density at radius 1 is 1.32 bits per heavy atom. The fourth-order valence-electron chi connectivity index (χ4n) is 2.96. The zero-order valence-electron chi connectivity index (χ0n) is 13.8. The van der Waals surface area contributed by atoms with Crippen LogP contribution in [0.5, 0.6) is 5.75 Å². The van der Waals surface area contributed by atoms with Gasteiger partial charge in [0.15, 0.2) is 0 Å². The normalized spacial score (nSPS) is 21.0. The third-order valence-corrected chi connectivity index (χ3v) is 4.37. The molecule has 8 heteroatoms. The second-order valence-corrected chi connectivity index (χ2v) is 6.44. The number of amides is 1. The van der Waals surface area contributed by atoms with Crippen LogP contribution in [0.1, 0.15) is 31.7 Å². The average molecular weight is 359 g/mol. The quantitative estimate of drug-likeness (QED) is 0.877. The van der Waals surface area contributed by atoms with Crippen LogP contribution in [0.3, 0.4) is 0 Å². The van der Waals surface area contributed by atoms with Crippen molar-refractivity contribution in [1.29, 1.82) is 0 Å². The molecule has 1 unspecified atom stereocenters. The molecule has 1 heterocycles. The van der Waals surface area contributed by atoms with E-state index >= 15 is 0 Å². The molecule has 138 valence electrons. The first-order valence-electron chi connectivity index (χ1n) is 7.95. The minimum atomic E-state index is -4.80. The van der Waals surface area contributed by atoms with Crippen molar-refractivity contribution < 1.29 is 32.6 Å². The molecule has 1 fully saturated rings. The molecule has 1 aliphatic heterocycles. The van der Waals surface area contributed by atoms with Crippen LogP contribution in [0.15, 0.2) is 24.3 Å². The van der Waals surface area contributed by atoms with E-state index < -0.39 is 17.7 Å². The van der Waals surface area contributed by atoms with Gasteiger partial charge in [0.1, 0.15) is 5.75 Å². The Balaban J connectivity index is 2.00. The van der Waals surface area contributed by atoms with E-state index in [2.05, 4.69) is 4.74 Å². The number of aliphatic carboxylic acids is 1. The molecule has 1 aromatic carbocycles. The summed E-state index contributed by atoms with van der Waals surface area (Å²) in [7, 11) is 0. The SMILES string of the molecule is CC1(C(=O)O)CCCN(C(=O)CCc2ccccc2OC(F)(F)F)C1. The van der Waals surface area contributed by atoms with E-state index in [9.17, 15) is 27.9 Å². The number of carboxylic acids is 1. The highest BCUT2D eigenvalue weighted by Gasteiger charge is 2.39. The van der Waals surface area contributed by atoms with Gasteiger partial charge in [0.05, 0.1) is 5.41 Å². The first-order chi connectivity index (χ1) is 11.6. The summed E-state index contributed by atoms with van der Waals surface area (Å²) in [5.41, 5.74) is -0.697. The summed E-state index contributed by atoms with van der Waals surface area (Å²) in [4.78, 5) is 25.2. The number of piperidine rings is 1. The number of likely N-dealkylation sites (tertiary alicyclic amines) is 1. The summed E-state index contributed by atoms with van der Waals surface area (Å²) in [6, 6.07) is 5.68. The number of benzene rings is 1. The van der Waals surface area contributed by atoms with Crippen LogP contribution in [0.2, 0.25) is 0 Å². The summed E-state index contributed by atoms with van der Waals surface area (Å²) in [5.74, 6) is -1.54. The highest BCUT2D eigenvalue weighted by Crippen LogP contribution is 2.31. The third-order valence-electron chi connectivity index (χ3n) is 4.37. The fourth-order valence-corrected chi connectivity index (χ4v) is 2.96. The first-order valence-corrected chi connectivity index (χ1v) is 7.95. The van der Waals surface area contributed by atoms with Gasteiger partial charge in [-0.15, -0.1) is 13.2 Å². The lowest BCUT2D eigenvalue weighted by atomic mass is 9.82. The Kier molecular flexibility index (Phi) is 5.59. The van der Waals surface area contributed by atoms with E-state index in [-0.39, 0.29) is 36.6 Å². The van der Waals surface area contributed by atoms with Crippen LogP contribution in [-0.2, 0) is 16.0 Å². The van der Waals surface area contributed by atoms with Gasteiger partial charge in [-0.25, -0.2) is 0 Å². The number of hydrogen-bond donors (Lipinski definition) is 1. The van der Waals surface area contributed by atoms with E-state index in [0.29, 0.717) is 19.4 Å². The molecule has 0 radical (unpaired) electrons. The van der Waals surface area contributed by atoms with Crippen molar-refractivity contribution in [2.45, 2.75) is 39.0 Å². The molecule has 2 rings (SSSR count). The van der Waals surface area contributed by atoms with Gasteiger partial charge in [-0.1, -0.05) is 18.2 Å². The molecule has 0 saturated carbocycles. The van der Waals surface area contributed by atoms with Crippen molar-refractivity contribution in [1.82, 2.24) is 4.90 Å². The lowest BCUT2D eigenvalue weighted by Gasteiger charge is -2.37. The number of rotatable bonds is 5. The number of alkyl halides is 3. The van der Waals surface area contributed by atoms with Crippen molar-refractivity contribution in [3.05, 3.63) is 29.8 Å². The number of carbonyl (C=O) groups is 2. The van der Waals surface area contributed by atoms with Crippen LogP contribution >= 0.6 is 0 Å². The van der Waals surface area contributed by atoms with Gasteiger partial charge in [0.25, 0.3) is 0 Å². The second kappa shape index (κ2) is 7.33. The standard InChI is InChI=1S/C17H20F3NO4/c1-16(15(23)24)9-4-10-21(11-16)14(22)8-7-12-5-2-3-6-13(12)25-17(18,19)20/h2-3,5-6H,4,7-11H2,1H3,(H,23,24). The van der Waals surface area contributed by atoms with Crippen molar-refractivity contribution in [2.75, 3.05) is 13.1 Å². The van der Waals surface area contributed by atoms with Crippen LogP contribution in [0, 0.1) is 5.41 Å². The van der Waals surface area contributed by atoms with Crippen molar-refractivity contribution >= 4 is 11.9 Å². The maximum atomic E-state index is 12.4. The van der Waals surface area contributed by atoms with E-state index in [1.807, 2.05) is 0 Å². The number of halogens is 3. The number of carbonyl (C=O) groups excluding carboxylic acids is 1. The maximum absolute atomic E-state index is 12.4. The smallest absolute Gasteiger partial charge is 0.481 e. The number of ether oxygens (including phenoxy) is 1. The third kappa shape index (κ3) is 5.11. The Morgan fingerprint density at radius 3 is 2.64 bits per heavy atom. The van der Waals surface area contributed by atoms with E-state index in [4.69, 9.17) is 0 Å². The summed E-state index contributed by atoms with van der Waals surface area (Å²) in [5, 5.41) is 9.29. The maximum Gasteiger partial charge on any atom is 0.573 e. The van der Waals surface area contributed by atoms with Crippen LogP contribution in [0.4, 0.5) is 13.2 Å². The topological polar surface area (TPSA) is 66.8 Å². The highest BCUT2D eigenvalue weighted by atomic mass is 19.4. The number of hydrogen-bond acceptors (Lipinski definition) is 3. The van der Waals surface area contributed by atoms with Crippen LogP contribution in [0.25, 0.3) is 0 Å². The molecule has 1 aromatic rings. The predicted octanol–water partition coefficient (Wildman–Crippen LogP) is 3.23. The molecule has 0 aliphatic carbocycles. The van der Waals surface area contributed by atoms with E-state index in [1.165, 1.54) is 23.1 Å². The molecule has 5 nitrogen and oxygen atoms in total. The minimum Gasteiger partial charge on any atom is -0.481 e. The summed E-state index contributed by atoms with van der Waals surface area (Å²) in [6.07, 6.45) is -3.63. The average Bonchev–Trinajstić information content (AvgIpc) is 2.52. The molecule has 25 heavy (non-hydrogen) atoms. The number of carboxylic acid groups (broad SMARTS) is 1. The van der Waals surface area contributed by atoms with Crippen molar-refractivity contribution in [2.24, 2.45) is 5.41 Å². The highest BCUT2D eigenvalue weighted by molar-refractivity contribution is 5.79. The Hall–Kier alpha value is -2.25. The first kappa shape index (κ1) is 19.1. The molecular weight excluding hydrogens is 339 g/mol. The van der Waals surface area contributed by atoms with E-state index in [1.54, 1.807) is 13.0 Å². The number of nitrogens with zero attached hydrogens (tertiary/aromatic N) is 1. The molecule has 1 atom stereocenters. The van der Waals surface area contributed by atoms with Gasteiger partial charge in [-0.05, 0) is 37.8 Å². The van der Waals surface area contributed by atoms with Gasteiger partial charge in [0.2, 0.25) is 5.91 Å². The molecule has 0 spiro atoms. The fraction of sp³-hybridized carbons (Fsp3) is 0.529. The molecule has 1 aliphatic rings. The molecule has 0 bridgehead atoms. The minimum absolute atomic E-state index is 0.00602. The molecular formula is C17H20F3NO4. The van der Waals surface area contributed by atoms with Gasteiger partial charge in [-0.2, -0.15) is 0 Å². The lowest BCUT2D eigenvalue weighted by Crippen LogP contribution is -2.48. The van der Waals surface area contributed by atoms with Gasteiger partial charge < -0.3 is 14.7 Å². The summed E-state index contributed by atoms with van der Waals surface area (Å²) >= 11 is 0. The lowest BCUT2D eigenvalue weighted by molar-refractivity contribution is -0.274. The van der Waals surface area contributed by atoms with E-state index in [0.717, 1.165) is 0 Å². The monoisotopic (exact) mass is 359 g/mol. The van der Waals surface area contributed by atoms with Crippen molar-refractivity contribution in [3.63, 3.8) is 0 Å². The van der Waals surface area contributed by atoms with Gasteiger partial charge in [-0.3, -0.25) is 9.59 Å². The van der Waals surface area contributed by atoms with Gasteiger partial charge in [0, 0.05) is 19.5 Å². The second-order valence-electron chi connectivity index (χ2n) is 6.44.